The smallest absolute Gasteiger partial charge is 0.241 e. The van der Waals surface area contributed by atoms with Crippen molar-refractivity contribution in [2.45, 2.75) is 25.0 Å². The Morgan fingerprint density at radius 1 is 0.808 bits per heavy atom. The number of fused-ring (bicyclic) bond motifs is 5. The van der Waals surface area contributed by atoms with Gasteiger partial charge in [0.15, 0.2) is 0 Å². The molecule has 2 bridgehead atoms. The standard InChI is InChI=1S/C22H19NO3/c1-21-12-13-22(2,26-21)18-17(21)19(24)23(20(18)25)16-11-7-6-10-15(16)14-8-4-3-5-9-14/h3-13,17-18H,1-2H3/t17-,18+,21+,22-. The predicted molar refractivity (Wildman–Crippen MR) is 98.4 cm³/mol. The molecule has 2 fully saturated rings. The van der Waals surface area contributed by atoms with Crippen molar-refractivity contribution in [3.05, 3.63) is 66.7 Å². The Labute approximate surface area is 152 Å². The van der Waals surface area contributed by atoms with Crippen LogP contribution >= 0.6 is 0 Å². The molecule has 4 nitrogen and oxygen atoms in total. The van der Waals surface area contributed by atoms with Gasteiger partial charge in [-0.25, -0.2) is 4.90 Å². The van der Waals surface area contributed by atoms with Gasteiger partial charge in [-0.15, -0.1) is 0 Å². The second-order valence-corrected chi connectivity index (χ2v) is 7.65. The zero-order valence-electron chi connectivity index (χ0n) is 14.7. The lowest BCUT2D eigenvalue weighted by atomic mass is 9.73. The van der Waals surface area contributed by atoms with E-state index in [4.69, 9.17) is 4.74 Å². The molecular formula is C22H19NO3. The summed E-state index contributed by atoms with van der Waals surface area (Å²) in [7, 11) is 0. The van der Waals surface area contributed by atoms with Gasteiger partial charge in [0.05, 0.1) is 28.7 Å². The van der Waals surface area contributed by atoms with Crippen LogP contribution in [0.2, 0.25) is 0 Å². The van der Waals surface area contributed by atoms with E-state index in [2.05, 4.69) is 0 Å². The molecule has 2 saturated heterocycles. The molecule has 0 spiro atoms. The van der Waals surface area contributed by atoms with Gasteiger partial charge in [0, 0.05) is 5.56 Å². The zero-order valence-corrected chi connectivity index (χ0v) is 14.7. The van der Waals surface area contributed by atoms with Crippen LogP contribution in [0.5, 0.6) is 0 Å². The van der Waals surface area contributed by atoms with Crippen molar-refractivity contribution < 1.29 is 14.3 Å². The van der Waals surface area contributed by atoms with Crippen LogP contribution in [0.1, 0.15) is 13.8 Å². The lowest BCUT2D eigenvalue weighted by Gasteiger charge is -2.26. The number of anilines is 1. The molecule has 0 unspecified atom stereocenters. The molecule has 0 saturated carbocycles. The van der Waals surface area contributed by atoms with Crippen molar-refractivity contribution in [1.29, 1.82) is 0 Å². The highest BCUT2D eigenvalue weighted by Gasteiger charge is 2.70. The van der Waals surface area contributed by atoms with E-state index in [1.54, 1.807) is 0 Å². The molecule has 0 radical (unpaired) electrons. The van der Waals surface area contributed by atoms with Gasteiger partial charge in [0.1, 0.15) is 0 Å². The molecule has 4 atom stereocenters. The monoisotopic (exact) mass is 345 g/mol. The van der Waals surface area contributed by atoms with E-state index in [1.807, 2.05) is 80.6 Å². The van der Waals surface area contributed by atoms with Crippen molar-refractivity contribution in [3.8, 4) is 11.1 Å². The minimum atomic E-state index is -0.706. The maximum Gasteiger partial charge on any atom is 0.241 e. The van der Waals surface area contributed by atoms with Crippen LogP contribution in [-0.2, 0) is 14.3 Å². The molecule has 2 aromatic rings. The van der Waals surface area contributed by atoms with Crippen molar-refractivity contribution >= 4 is 17.5 Å². The summed E-state index contributed by atoms with van der Waals surface area (Å²) in [5.74, 6) is -1.26. The van der Waals surface area contributed by atoms with Crippen molar-refractivity contribution in [3.63, 3.8) is 0 Å². The van der Waals surface area contributed by atoms with E-state index >= 15 is 0 Å². The number of carbonyl (C=O) groups is 2. The van der Waals surface area contributed by atoms with Gasteiger partial charge >= 0.3 is 0 Å². The maximum absolute atomic E-state index is 13.3. The fourth-order valence-corrected chi connectivity index (χ4v) is 4.80. The lowest BCUT2D eigenvalue weighted by Crippen LogP contribution is -2.39. The van der Waals surface area contributed by atoms with Crippen LogP contribution in [0, 0.1) is 11.8 Å². The third-order valence-electron chi connectivity index (χ3n) is 5.96. The van der Waals surface area contributed by atoms with Crippen LogP contribution in [0.4, 0.5) is 5.69 Å². The number of carbonyl (C=O) groups excluding carboxylic acids is 2. The molecule has 0 N–H and O–H groups in total. The van der Waals surface area contributed by atoms with E-state index in [0.717, 1.165) is 11.1 Å². The van der Waals surface area contributed by atoms with E-state index in [1.165, 1.54) is 4.90 Å². The SMILES string of the molecule is C[C@]12C=C[C@](C)(O1)[C@H]1C(=O)N(c3ccccc3-c3ccccc3)C(=O)[C@H]12. The molecule has 2 aromatic carbocycles. The highest BCUT2D eigenvalue weighted by molar-refractivity contribution is 6.24. The first-order valence-corrected chi connectivity index (χ1v) is 8.87. The van der Waals surface area contributed by atoms with Crippen molar-refractivity contribution in [1.82, 2.24) is 0 Å². The first kappa shape index (κ1) is 15.5. The molecule has 3 aliphatic rings. The Balaban J connectivity index is 1.64. The second kappa shape index (κ2) is 4.92. The Morgan fingerprint density at radius 3 is 1.96 bits per heavy atom. The predicted octanol–water partition coefficient (Wildman–Crippen LogP) is 3.58. The van der Waals surface area contributed by atoms with Gasteiger partial charge in [-0.3, -0.25) is 9.59 Å². The molecule has 0 aromatic heterocycles. The van der Waals surface area contributed by atoms with Crippen molar-refractivity contribution in [2.24, 2.45) is 11.8 Å². The number of amides is 2. The molecule has 26 heavy (non-hydrogen) atoms. The third-order valence-corrected chi connectivity index (χ3v) is 5.96. The Kier molecular flexibility index (Phi) is 2.94. The summed E-state index contributed by atoms with van der Waals surface area (Å²) in [4.78, 5) is 28.0. The Morgan fingerprint density at radius 2 is 1.35 bits per heavy atom. The highest BCUT2D eigenvalue weighted by atomic mass is 16.5. The number of benzene rings is 2. The topological polar surface area (TPSA) is 46.6 Å². The van der Waals surface area contributed by atoms with Gasteiger partial charge in [-0.1, -0.05) is 60.7 Å². The number of nitrogens with zero attached hydrogens (tertiary/aromatic N) is 1. The fourth-order valence-electron chi connectivity index (χ4n) is 4.80. The van der Waals surface area contributed by atoms with E-state index in [0.29, 0.717) is 5.69 Å². The average molecular weight is 345 g/mol. The summed E-state index contributed by atoms with van der Waals surface area (Å²) in [5.41, 5.74) is 1.10. The summed E-state index contributed by atoms with van der Waals surface area (Å²) in [6.07, 6.45) is 3.87. The summed E-state index contributed by atoms with van der Waals surface area (Å²) in [6.45, 7) is 3.80. The number of imide groups is 1. The number of rotatable bonds is 2. The van der Waals surface area contributed by atoms with Crippen LogP contribution < -0.4 is 4.90 Å². The quantitative estimate of drug-likeness (QED) is 0.617. The molecule has 4 heteroatoms. The molecular weight excluding hydrogens is 326 g/mol. The molecule has 2 amide bonds. The van der Waals surface area contributed by atoms with Crippen LogP contribution in [0.25, 0.3) is 11.1 Å². The highest BCUT2D eigenvalue weighted by Crippen LogP contribution is 2.57. The summed E-state index contributed by atoms with van der Waals surface area (Å²) < 4.78 is 6.07. The minimum absolute atomic E-state index is 0.168. The molecule has 3 heterocycles. The molecule has 3 aliphatic heterocycles. The van der Waals surface area contributed by atoms with Crippen LogP contribution in [0.3, 0.4) is 0 Å². The average Bonchev–Trinajstić information content (AvgIpc) is 3.19. The number of ether oxygens (including phenoxy) is 1. The Hall–Kier alpha value is -2.72. The minimum Gasteiger partial charge on any atom is -0.359 e. The Bertz CT molecular complexity index is 930. The lowest BCUT2D eigenvalue weighted by molar-refractivity contribution is -0.128. The second-order valence-electron chi connectivity index (χ2n) is 7.65. The first-order valence-electron chi connectivity index (χ1n) is 8.87. The van der Waals surface area contributed by atoms with Gasteiger partial charge < -0.3 is 4.74 Å². The number of hydrogen-bond acceptors (Lipinski definition) is 3. The number of para-hydroxylation sites is 1. The summed E-state index contributed by atoms with van der Waals surface area (Å²) >= 11 is 0. The molecule has 0 aliphatic carbocycles. The van der Waals surface area contributed by atoms with Crippen molar-refractivity contribution in [2.75, 3.05) is 4.90 Å². The van der Waals surface area contributed by atoms with Gasteiger partial charge in [0.2, 0.25) is 11.8 Å². The van der Waals surface area contributed by atoms with E-state index in [9.17, 15) is 9.59 Å². The maximum atomic E-state index is 13.3. The van der Waals surface area contributed by atoms with E-state index in [-0.39, 0.29) is 11.8 Å². The van der Waals surface area contributed by atoms with Gasteiger partial charge in [0.25, 0.3) is 0 Å². The van der Waals surface area contributed by atoms with Gasteiger partial charge in [-0.05, 0) is 25.5 Å². The number of hydrogen-bond donors (Lipinski definition) is 0. The summed E-state index contributed by atoms with van der Waals surface area (Å²) in [6, 6.07) is 17.4. The van der Waals surface area contributed by atoms with E-state index < -0.39 is 23.0 Å². The largest absolute Gasteiger partial charge is 0.359 e. The third kappa shape index (κ3) is 1.82. The normalized spacial score (nSPS) is 34.6. The first-order chi connectivity index (χ1) is 12.4. The summed E-state index contributed by atoms with van der Waals surface area (Å²) in [5, 5.41) is 0. The zero-order chi connectivity index (χ0) is 18.1. The van der Waals surface area contributed by atoms with Crippen LogP contribution in [-0.4, -0.2) is 23.0 Å². The van der Waals surface area contributed by atoms with Crippen LogP contribution in [0.15, 0.2) is 66.7 Å². The fraction of sp³-hybridized carbons (Fsp3) is 0.273. The molecule has 130 valence electrons. The van der Waals surface area contributed by atoms with Gasteiger partial charge in [-0.2, -0.15) is 0 Å². The molecule has 5 rings (SSSR count).